The highest BCUT2D eigenvalue weighted by Gasteiger charge is 2.27. The van der Waals surface area contributed by atoms with Gasteiger partial charge in [-0.1, -0.05) is 24.3 Å². The third-order valence-corrected chi connectivity index (χ3v) is 3.59. The average molecular weight is 290 g/mol. The Morgan fingerprint density at radius 3 is 2.65 bits per heavy atom. The summed E-state index contributed by atoms with van der Waals surface area (Å²) in [6.45, 7) is 3.08. The summed E-state index contributed by atoms with van der Waals surface area (Å²) in [7, 11) is 0. The van der Waals surface area contributed by atoms with E-state index < -0.39 is 0 Å². The molecule has 0 N–H and O–H groups in total. The normalized spacial score (nSPS) is 18.2. The smallest absolute Gasteiger partial charge is 0.226 e. The number of benzene rings is 1. The first-order chi connectivity index (χ1) is 8.25. The standard InChI is InChI=1S/C13H12BrN3/c1-9-12-5-3-2-4-10(12)8-17(9)13-15-6-11(14)7-16-13/h2-7,9H,8H2,1H3/t9-/m0/s1. The molecule has 0 unspecified atom stereocenters. The van der Waals surface area contributed by atoms with Crippen LogP contribution in [0.25, 0.3) is 0 Å². The Bertz CT molecular complexity index is 539. The molecule has 1 aromatic heterocycles. The molecule has 3 rings (SSSR count). The van der Waals surface area contributed by atoms with E-state index in [4.69, 9.17) is 0 Å². The predicted octanol–water partition coefficient (Wildman–Crippen LogP) is 3.32. The van der Waals surface area contributed by atoms with Gasteiger partial charge in [-0.2, -0.15) is 0 Å². The van der Waals surface area contributed by atoms with Crippen LogP contribution in [0.1, 0.15) is 24.1 Å². The molecule has 0 spiro atoms. The monoisotopic (exact) mass is 289 g/mol. The van der Waals surface area contributed by atoms with Crippen molar-refractivity contribution in [3.63, 3.8) is 0 Å². The molecule has 0 saturated carbocycles. The van der Waals surface area contributed by atoms with Gasteiger partial charge in [0.05, 0.1) is 10.5 Å². The maximum Gasteiger partial charge on any atom is 0.226 e. The maximum absolute atomic E-state index is 4.36. The minimum Gasteiger partial charge on any atom is -0.330 e. The van der Waals surface area contributed by atoms with E-state index in [9.17, 15) is 0 Å². The molecule has 0 bridgehead atoms. The van der Waals surface area contributed by atoms with E-state index in [2.05, 4.69) is 62.0 Å². The number of hydrogen-bond donors (Lipinski definition) is 0. The Morgan fingerprint density at radius 2 is 1.94 bits per heavy atom. The van der Waals surface area contributed by atoms with Crippen molar-refractivity contribution >= 4 is 21.9 Å². The number of rotatable bonds is 1. The van der Waals surface area contributed by atoms with Crippen LogP contribution in [0.4, 0.5) is 5.95 Å². The second-order valence-electron chi connectivity index (χ2n) is 4.20. The summed E-state index contributed by atoms with van der Waals surface area (Å²) in [4.78, 5) is 10.9. The molecule has 0 fully saturated rings. The van der Waals surface area contributed by atoms with Crippen LogP contribution in [0, 0.1) is 0 Å². The Morgan fingerprint density at radius 1 is 1.24 bits per heavy atom. The topological polar surface area (TPSA) is 29.0 Å². The number of aromatic nitrogens is 2. The van der Waals surface area contributed by atoms with Crippen LogP contribution in [0.2, 0.25) is 0 Å². The molecule has 0 amide bonds. The van der Waals surface area contributed by atoms with Gasteiger partial charge in [0, 0.05) is 18.9 Å². The third kappa shape index (κ3) is 1.82. The second kappa shape index (κ2) is 4.11. The minimum atomic E-state index is 0.340. The zero-order chi connectivity index (χ0) is 11.8. The van der Waals surface area contributed by atoms with Crippen molar-refractivity contribution in [2.75, 3.05) is 4.90 Å². The molecule has 1 aromatic carbocycles. The Balaban J connectivity index is 1.96. The van der Waals surface area contributed by atoms with Crippen molar-refractivity contribution < 1.29 is 0 Å². The minimum absolute atomic E-state index is 0.340. The summed E-state index contributed by atoms with van der Waals surface area (Å²) in [5.41, 5.74) is 2.74. The summed E-state index contributed by atoms with van der Waals surface area (Å²) in [5.74, 6) is 0.789. The molecule has 0 aliphatic carbocycles. The quantitative estimate of drug-likeness (QED) is 0.806. The van der Waals surface area contributed by atoms with Crippen LogP contribution in [-0.4, -0.2) is 9.97 Å². The van der Waals surface area contributed by atoms with E-state index in [0.717, 1.165) is 17.0 Å². The van der Waals surface area contributed by atoms with Crippen molar-refractivity contribution in [2.45, 2.75) is 19.5 Å². The van der Waals surface area contributed by atoms with E-state index >= 15 is 0 Å². The molecular formula is C13H12BrN3. The van der Waals surface area contributed by atoms with Gasteiger partial charge >= 0.3 is 0 Å². The Kier molecular flexibility index (Phi) is 2.59. The van der Waals surface area contributed by atoms with Gasteiger partial charge < -0.3 is 4.90 Å². The molecule has 1 aliphatic heterocycles. The van der Waals surface area contributed by atoms with Crippen LogP contribution in [0.15, 0.2) is 41.1 Å². The van der Waals surface area contributed by atoms with Gasteiger partial charge in [-0.3, -0.25) is 0 Å². The molecule has 2 aromatic rings. The van der Waals surface area contributed by atoms with E-state index in [0.29, 0.717) is 6.04 Å². The largest absolute Gasteiger partial charge is 0.330 e. The zero-order valence-electron chi connectivity index (χ0n) is 9.47. The lowest BCUT2D eigenvalue weighted by Gasteiger charge is -2.21. The van der Waals surface area contributed by atoms with Gasteiger partial charge in [-0.15, -0.1) is 0 Å². The molecule has 86 valence electrons. The highest BCUT2D eigenvalue weighted by Crippen LogP contribution is 2.35. The summed E-state index contributed by atoms with van der Waals surface area (Å²) < 4.78 is 0.908. The van der Waals surface area contributed by atoms with Crippen molar-refractivity contribution in [2.24, 2.45) is 0 Å². The molecule has 0 saturated heterocycles. The highest BCUT2D eigenvalue weighted by molar-refractivity contribution is 9.10. The van der Waals surface area contributed by atoms with Crippen molar-refractivity contribution in [1.82, 2.24) is 9.97 Å². The first-order valence-electron chi connectivity index (χ1n) is 5.57. The van der Waals surface area contributed by atoms with Crippen LogP contribution in [0.5, 0.6) is 0 Å². The van der Waals surface area contributed by atoms with E-state index in [1.54, 1.807) is 12.4 Å². The maximum atomic E-state index is 4.36. The van der Waals surface area contributed by atoms with Gasteiger partial charge in [0.2, 0.25) is 5.95 Å². The fraction of sp³-hybridized carbons (Fsp3) is 0.231. The first-order valence-corrected chi connectivity index (χ1v) is 6.37. The molecule has 1 atom stereocenters. The van der Waals surface area contributed by atoms with Crippen LogP contribution < -0.4 is 4.90 Å². The first kappa shape index (κ1) is 10.7. The van der Waals surface area contributed by atoms with Crippen LogP contribution in [0.3, 0.4) is 0 Å². The molecule has 4 heteroatoms. The summed E-state index contributed by atoms with van der Waals surface area (Å²) in [6.07, 6.45) is 3.58. The SMILES string of the molecule is C[C@H]1c2ccccc2CN1c1ncc(Br)cn1. The highest BCUT2D eigenvalue weighted by atomic mass is 79.9. The van der Waals surface area contributed by atoms with Crippen LogP contribution >= 0.6 is 15.9 Å². The summed E-state index contributed by atoms with van der Waals surface area (Å²) in [5, 5.41) is 0. The molecular weight excluding hydrogens is 278 g/mol. The van der Waals surface area contributed by atoms with E-state index in [-0.39, 0.29) is 0 Å². The number of nitrogens with zero attached hydrogens (tertiary/aromatic N) is 3. The van der Waals surface area contributed by atoms with E-state index in [1.807, 2.05) is 0 Å². The lowest BCUT2D eigenvalue weighted by Crippen LogP contribution is -2.21. The zero-order valence-corrected chi connectivity index (χ0v) is 11.1. The summed E-state index contributed by atoms with van der Waals surface area (Å²) in [6, 6.07) is 8.86. The Hall–Kier alpha value is -1.42. The lowest BCUT2D eigenvalue weighted by atomic mass is 10.1. The number of fused-ring (bicyclic) bond motifs is 1. The van der Waals surface area contributed by atoms with E-state index in [1.165, 1.54) is 11.1 Å². The molecule has 17 heavy (non-hydrogen) atoms. The molecule has 0 radical (unpaired) electrons. The number of hydrogen-bond acceptors (Lipinski definition) is 3. The van der Waals surface area contributed by atoms with Gasteiger partial charge in [-0.05, 0) is 34.0 Å². The second-order valence-corrected chi connectivity index (χ2v) is 5.12. The van der Waals surface area contributed by atoms with Crippen LogP contribution in [-0.2, 0) is 6.54 Å². The summed E-state index contributed by atoms with van der Waals surface area (Å²) >= 11 is 3.35. The number of halogens is 1. The number of anilines is 1. The average Bonchev–Trinajstić information content (AvgIpc) is 2.69. The fourth-order valence-corrected chi connectivity index (χ4v) is 2.48. The molecule has 3 nitrogen and oxygen atoms in total. The third-order valence-electron chi connectivity index (χ3n) is 3.18. The van der Waals surface area contributed by atoms with Gasteiger partial charge in [0.15, 0.2) is 0 Å². The van der Waals surface area contributed by atoms with Gasteiger partial charge in [0.1, 0.15) is 0 Å². The molecule has 2 heterocycles. The lowest BCUT2D eigenvalue weighted by molar-refractivity contribution is 0.705. The van der Waals surface area contributed by atoms with Crippen molar-refractivity contribution in [3.05, 3.63) is 52.3 Å². The van der Waals surface area contributed by atoms with Crippen molar-refractivity contribution in [1.29, 1.82) is 0 Å². The Labute approximate surface area is 109 Å². The van der Waals surface area contributed by atoms with Gasteiger partial charge in [-0.25, -0.2) is 9.97 Å². The molecule has 1 aliphatic rings. The van der Waals surface area contributed by atoms with Gasteiger partial charge in [0.25, 0.3) is 0 Å². The predicted molar refractivity (Wildman–Crippen MR) is 70.8 cm³/mol. The fourth-order valence-electron chi connectivity index (χ4n) is 2.27. The van der Waals surface area contributed by atoms with Crippen molar-refractivity contribution in [3.8, 4) is 0 Å².